The first-order chi connectivity index (χ1) is 8.50. The lowest BCUT2D eigenvalue weighted by Crippen LogP contribution is -2.32. The Labute approximate surface area is 119 Å². The van der Waals surface area contributed by atoms with E-state index < -0.39 is 0 Å². The van der Waals surface area contributed by atoms with Gasteiger partial charge in [-0.25, -0.2) is 0 Å². The smallest absolute Gasteiger partial charge is 0.0595 e. The molecule has 2 aliphatic rings. The number of likely N-dealkylation sites (tertiary alicyclic amines) is 1. The van der Waals surface area contributed by atoms with Crippen LogP contribution in [0.15, 0.2) is 18.2 Å². The van der Waals surface area contributed by atoms with E-state index in [9.17, 15) is 0 Å². The second-order valence-electron chi connectivity index (χ2n) is 6.21. The largest absolute Gasteiger partial charge is 0.300 e. The molecule has 1 nitrogen and oxygen atoms in total. The third kappa shape index (κ3) is 2.17. The van der Waals surface area contributed by atoms with E-state index in [-0.39, 0.29) is 0 Å². The summed E-state index contributed by atoms with van der Waals surface area (Å²) in [6, 6.07) is 6.74. The molecule has 1 saturated heterocycles. The summed E-state index contributed by atoms with van der Waals surface area (Å²) in [4.78, 5) is 2.60. The van der Waals surface area contributed by atoms with Crippen LogP contribution in [0.3, 0.4) is 0 Å². The molecule has 0 spiro atoms. The summed E-state index contributed by atoms with van der Waals surface area (Å²) in [6.07, 6.45) is 2.54. The van der Waals surface area contributed by atoms with Crippen molar-refractivity contribution in [1.29, 1.82) is 0 Å². The molecule has 1 aliphatic carbocycles. The summed E-state index contributed by atoms with van der Waals surface area (Å²) in [5.74, 6) is 0.898. The van der Waals surface area contributed by atoms with Crippen molar-refractivity contribution in [2.45, 2.75) is 32.7 Å². The summed E-state index contributed by atoms with van der Waals surface area (Å²) in [5.41, 5.74) is 1.86. The molecule has 0 amide bonds. The highest BCUT2D eigenvalue weighted by atomic mass is 35.5. The van der Waals surface area contributed by atoms with E-state index in [1.165, 1.54) is 25.1 Å². The van der Waals surface area contributed by atoms with Crippen molar-refractivity contribution in [3.05, 3.63) is 33.8 Å². The Balaban J connectivity index is 1.72. The predicted octanol–water partition coefficient (Wildman–Crippen LogP) is 4.27. The zero-order chi connectivity index (χ0) is 12.9. The molecule has 2 fully saturated rings. The molecule has 1 aliphatic heterocycles. The molecular weight excluding hydrogens is 265 g/mol. The topological polar surface area (TPSA) is 3.24 Å². The summed E-state index contributed by atoms with van der Waals surface area (Å²) >= 11 is 12.1. The fourth-order valence-electron chi connectivity index (χ4n) is 3.36. The molecule has 0 unspecified atom stereocenters. The predicted molar refractivity (Wildman–Crippen MR) is 77.4 cm³/mol. The first-order valence-electron chi connectivity index (χ1n) is 6.68. The van der Waals surface area contributed by atoms with Gasteiger partial charge in [-0.2, -0.15) is 0 Å². The van der Waals surface area contributed by atoms with Crippen LogP contribution in [-0.2, 0) is 6.42 Å². The van der Waals surface area contributed by atoms with Crippen molar-refractivity contribution in [3.8, 4) is 0 Å². The number of hydrogen-bond donors (Lipinski definition) is 0. The Hall–Kier alpha value is -0.240. The van der Waals surface area contributed by atoms with Crippen molar-refractivity contribution in [1.82, 2.24) is 4.90 Å². The number of hydrogen-bond acceptors (Lipinski definition) is 1. The Morgan fingerprint density at radius 2 is 2.11 bits per heavy atom. The average Bonchev–Trinajstić information content (AvgIpc) is 2.85. The number of piperidine rings is 1. The lowest BCUT2D eigenvalue weighted by molar-refractivity contribution is 0.229. The maximum atomic E-state index is 6.10. The minimum absolute atomic E-state index is 0.529. The van der Waals surface area contributed by atoms with Gasteiger partial charge in [0.15, 0.2) is 0 Å². The van der Waals surface area contributed by atoms with E-state index in [4.69, 9.17) is 23.2 Å². The Morgan fingerprint density at radius 3 is 2.72 bits per heavy atom. The van der Waals surface area contributed by atoms with Crippen molar-refractivity contribution in [2.24, 2.45) is 11.3 Å². The number of halogens is 2. The van der Waals surface area contributed by atoms with Gasteiger partial charge in [0.1, 0.15) is 0 Å². The average molecular weight is 284 g/mol. The van der Waals surface area contributed by atoms with Crippen molar-refractivity contribution >= 4 is 23.2 Å². The van der Waals surface area contributed by atoms with Crippen LogP contribution in [0.1, 0.15) is 25.8 Å². The highest BCUT2D eigenvalue weighted by Crippen LogP contribution is 2.59. The molecule has 1 heterocycles. The van der Waals surface area contributed by atoms with Gasteiger partial charge in [-0.1, -0.05) is 29.3 Å². The van der Waals surface area contributed by atoms with Gasteiger partial charge in [-0.05, 0) is 55.7 Å². The van der Waals surface area contributed by atoms with Gasteiger partial charge in [0.25, 0.3) is 0 Å². The van der Waals surface area contributed by atoms with Crippen LogP contribution in [0.5, 0.6) is 0 Å². The van der Waals surface area contributed by atoms with Crippen molar-refractivity contribution in [3.63, 3.8) is 0 Å². The van der Waals surface area contributed by atoms with E-state index >= 15 is 0 Å². The zero-order valence-electron chi connectivity index (χ0n) is 10.9. The zero-order valence-corrected chi connectivity index (χ0v) is 12.4. The maximum Gasteiger partial charge on any atom is 0.0595 e. The molecule has 3 heteroatoms. The molecule has 0 bridgehead atoms. The molecule has 0 radical (unpaired) electrons. The maximum absolute atomic E-state index is 6.10. The third-order valence-electron chi connectivity index (χ3n) is 4.60. The molecule has 2 atom stereocenters. The van der Waals surface area contributed by atoms with Crippen molar-refractivity contribution in [2.75, 3.05) is 13.1 Å². The van der Waals surface area contributed by atoms with Crippen LogP contribution < -0.4 is 0 Å². The van der Waals surface area contributed by atoms with E-state index in [2.05, 4.69) is 24.8 Å². The molecule has 0 N–H and O–H groups in total. The second kappa shape index (κ2) is 4.40. The minimum Gasteiger partial charge on any atom is -0.300 e. The molecule has 1 saturated carbocycles. The third-order valence-corrected chi connectivity index (χ3v) is 5.34. The SMILES string of the molecule is CC(C)N1C[C@H]2C[C@@]2(Cc2ccc(Cl)c(Cl)c2)C1. The summed E-state index contributed by atoms with van der Waals surface area (Å²) in [6.45, 7) is 7.10. The lowest BCUT2D eigenvalue weighted by Gasteiger charge is -2.24. The van der Waals surface area contributed by atoms with Crippen LogP contribution >= 0.6 is 23.2 Å². The quantitative estimate of drug-likeness (QED) is 0.801. The highest BCUT2D eigenvalue weighted by Gasteiger charge is 2.59. The first-order valence-corrected chi connectivity index (χ1v) is 7.44. The number of nitrogens with zero attached hydrogens (tertiary/aromatic N) is 1. The Kier molecular flexibility index (Phi) is 3.12. The number of benzene rings is 1. The second-order valence-corrected chi connectivity index (χ2v) is 7.03. The fourth-order valence-corrected chi connectivity index (χ4v) is 3.68. The Morgan fingerprint density at radius 1 is 1.33 bits per heavy atom. The van der Waals surface area contributed by atoms with Crippen LogP contribution in [0.2, 0.25) is 10.0 Å². The lowest BCUT2D eigenvalue weighted by atomic mass is 9.95. The van der Waals surface area contributed by atoms with Gasteiger partial charge in [-0.3, -0.25) is 0 Å². The number of rotatable bonds is 3. The van der Waals surface area contributed by atoms with Gasteiger partial charge in [0.05, 0.1) is 10.0 Å². The van der Waals surface area contributed by atoms with Crippen LogP contribution in [0.4, 0.5) is 0 Å². The highest BCUT2D eigenvalue weighted by molar-refractivity contribution is 6.42. The van der Waals surface area contributed by atoms with Gasteiger partial charge < -0.3 is 4.90 Å². The van der Waals surface area contributed by atoms with Crippen LogP contribution in [0, 0.1) is 11.3 Å². The monoisotopic (exact) mass is 283 g/mol. The summed E-state index contributed by atoms with van der Waals surface area (Å²) in [7, 11) is 0. The molecule has 98 valence electrons. The standard InChI is InChI=1S/C15H19Cl2N/c1-10(2)18-8-12-7-15(12,9-18)6-11-3-4-13(16)14(17)5-11/h3-5,10,12H,6-9H2,1-2H3/t12-,15+/m1/s1. The normalized spacial score (nSPS) is 30.8. The Bertz CT molecular complexity index is 472. The molecule has 1 aromatic rings. The molecule has 18 heavy (non-hydrogen) atoms. The van der Waals surface area contributed by atoms with Crippen molar-refractivity contribution < 1.29 is 0 Å². The number of fused-ring (bicyclic) bond motifs is 1. The molecule has 1 aromatic carbocycles. The van der Waals surface area contributed by atoms with Gasteiger partial charge in [0, 0.05) is 19.1 Å². The summed E-state index contributed by atoms with van der Waals surface area (Å²) in [5, 5.41) is 1.34. The van der Waals surface area contributed by atoms with Gasteiger partial charge in [0.2, 0.25) is 0 Å². The van der Waals surface area contributed by atoms with E-state index in [0.29, 0.717) is 21.5 Å². The molecule has 0 aromatic heterocycles. The van der Waals surface area contributed by atoms with Crippen LogP contribution in [0.25, 0.3) is 0 Å². The van der Waals surface area contributed by atoms with E-state index in [1.54, 1.807) is 0 Å². The first kappa shape index (κ1) is 12.8. The van der Waals surface area contributed by atoms with Gasteiger partial charge in [-0.15, -0.1) is 0 Å². The minimum atomic E-state index is 0.529. The van der Waals surface area contributed by atoms with Crippen LogP contribution in [-0.4, -0.2) is 24.0 Å². The van der Waals surface area contributed by atoms with E-state index in [0.717, 1.165) is 12.3 Å². The van der Waals surface area contributed by atoms with E-state index in [1.807, 2.05) is 12.1 Å². The van der Waals surface area contributed by atoms with Gasteiger partial charge >= 0.3 is 0 Å². The molecule has 3 rings (SSSR count). The molecular formula is C15H19Cl2N. The fraction of sp³-hybridized carbons (Fsp3) is 0.600. The summed E-state index contributed by atoms with van der Waals surface area (Å²) < 4.78 is 0.